The van der Waals surface area contributed by atoms with Gasteiger partial charge in [0.2, 0.25) is 0 Å². The summed E-state index contributed by atoms with van der Waals surface area (Å²) in [5.74, 6) is -2.21. The number of carboxylic acids is 1. The number of aliphatic carboxylic acids is 1. The molecule has 0 fully saturated rings. The maximum atomic E-state index is 12.4. The number of halogens is 2. The predicted molar refractivity (Wildman–Crippen MR) is 64.2 cm³/mol. The molecule has 110 valence electrons. The van der Waals surface area contributed by atoms with Gasteiger partial charge in [-0.05, 0) is 12.1 Å². The second-order valence-electron chi connectivity index (χ2n) is 3.62. The minimum atomic E-state index is -3.11. The zero-order chi connectivity index (χ0) is 15.1. The molecule has 0 aromatic heterocycles. The molecule has 0 heterocycles. The number of para-hydroxylation sites is 1. The fourth-order valence-corrected chi connectivity index (χ4v) is 1.44. The van der Waals surface area contributed by atoms with E-state index in [0.717, 1.165) is 0 Å². The van der Waals surface area contributed by atoms with Crippen molar-refractivity contribution >= 4 is 11.9 Å². The fraction of sp³-hybridized carbons (Fsp3) is 0.333. The lowest BCUT2D eigenvalue weighted by molar-refractivity contribution is -0.136. The zero-order valence-corrected chi connectivity index (χ0v) is 10.6. The maximum Gasteiger partial charge on any atom is 0.387 e. The van der Waals surface area contributed by atoms with E-state index in [4.69, 9.17) is 9.84 Å². The first-order valence-corrected chi connectivity index (χ1v) is 5.57. The van der Waals surface area contributed by atoms with E-state index in [1.807, 2.05) is 0 Å². The fourth-order valence-electron chi connectivity index (χ4n) is 1.44. The third-order valence-corrected chi connectivity index (χ3v) is 2.27. The first-order chi connectivity index (χ1) is 9.45. The summed E-state index contributed by atoms with van der Waals surface area (Å²) in [6, 6.07) is 4.07. The summed E-state index contributed by atoms with van der Waals surface area (Å²) >= 11 is 0. The molecule has 0 aliphatic carbocycles. The van der Waals surface area contributed by atoms with Gasteiger partial charge in [-0.15, -0.1) is 0 Å². The lowest BCUT2D eigenvalue weighted by Gasteiger charge is -2.14. The molecule has 8 heteroatoms. The molecule has 0 unspecified atom stereocenters. The topological polar surface area (TPSA) is 84.9 Å². The van der Waals surface area contributed by atoms with Crippen LogP contribution in [0, 0.1) is 0 Å². The van der Waals surface area contributed by atoms with Crippen LogP contribution in [-0.4, -0.2) is 37.2 Å². The molecule has 0 saturated carbocycles. The highest BCUT2D eigenvalue weighted by atomic mass is 19.3. The van der Waals surface area contributed by atoms with E-state index in [1.54, 1.807) is 0 Å². The lowest BCUT2D eigenvalue weighted by Crippen LogP contribution is -2.26. The van der Waals surface area contributed by atoms with Gasteiger partial charge in [0.05, 0.1) is 19.1 Å². The van der Waals surface area contributed by atoms with E-state index in [9.17, 15) is 18.4 Å². The molecule has 0 atom stereocenters. The van der Waals surface area contributed by atoms with Gasteiger partial charge in [-0.3, -0.25) is 9.59 Å². The number of rotatable bonds is 7. The third-order valence-electron chi connectivity index (χ3n) is 2.27. The number of carbonyl (C=O) groups excluding carboxylic acids is 1. The number of alkyl halides is 2. The Hall–Kier alpha value is -2.38. The van der Waals surface area contributed by atoms with Crippen molar-refractivity contribution in [2.45, 2.75) is 13.0 Å². The highest BCUT2D eigenvalue weighted by Gasteiger charge is 2.20. The minimum Gasteiger partial charge on any atom is -0.493 e. The molecular weight excluding hydrogens is 276 g/mol. The summed E-state index contributed by atoms with van der Waals surface area (Å²) in [6.45, 7) is -3.24. The van der Waals surface area contributed by atoms with Crippen LogP contribution in [-0.2, 0) is 4.79 Å². The molecule has 0 saturated heterocycles. The number of hydrogen-bond donors (Lipinski definition) is 2. The van der Waals surface area contributed by atoms with Crippen molar-refractivity contribution in [1.29, 1.82) is 0 Å². The Balaban J connectivity index is 2.92. The Morgan fingerprint density at radius 2 is 2.10 bits per heavy atom. The summed E-state index contributed by atoms with van der Waals surface area (Å²) in [7, 11) is 1.25. The number of carboxylic acid groups (broad SMARTS) is 1. The van der Waals surface area contributed by atoms with Crippen molar-refractivity contribution in [2.24, 2.45) is 0 Å². The number of methoxy groups -OCH3 is 1. The van der Waals surface area contributed by atoms with Crippen LogP contribution in [0.2, 0.25) is 0 Å². The van der Waals surface area contributed by atoms with Crippen LogP contribution in [0.1, 0.15) is 16.8 Å². The number of hydrogen-bond acceptors (Lipinski definition) is 4. The second kappa shape index (κ2) is 7.27. The molecule has 2 N–H and O–H groups in total. The molecular formula is C12H13F2NO5. The first-order valence-electron chi connectivity index (χ1n) is 5.57. The number of benzene rings is 1. The van der Waals surface area contributed by atoms with Crippen LogP contribution in [0.5, 0.6) is 11.5 Å². The molecule has 0 spiro atoms. The van der Waals surface area contributed by atoms with Crippen LogP contribution >= 0.6 is 0 Å². The Morgan fingerprint density at radius 1 is 1.40 bits per heavy atom. The zero-order valence-electron chi connectivity index (χ0n) is 10.6. The summed E-state index contributed by atoms with van der Waals surface area (Å²) in [5, 5.41) is 10.8. The summed E-state index contributed by atoms with van der Waals surface area (Å²) in [4.78, 5) is 22.1. The molecule has 0 aliphatic heterocycles. The van der Waals surface area contributed by atoms with E-state index >= 15 is 0 Å². The van der Waals surface area contributed by atoms with Gasteiger partial charge in [0.15, 0.2) is 11.5 Å². The van der Waals surface area contributed by atoms with Crippen molar-refractivity contribution in [3.8, 4) is 11.5 Å². The van der Waals surface area contributed by atoms with Crippen LogP contribution in [0.4, 0.5) is 8.78 Å². The summed E-state index contributed by atoms with van der Waals surface area (Å²) < 4.78 is 33.8. The van der Waals surface area contributed by atoms with E-state index in [0.29, 0.717) is 0 Å². The highest BCUT2D eigenvalue weighted by Crippen LogP contribution is 2.32. The Morgan fingerprint density at radius 3 is 2.65 bits per heavy atom. The molecule has 0 aliphatic rings. The second-order valence-corrected chi connectivity index (χ2v) is 3.62. The van der Waals surface area contributed by atoms with E-state index in [1.165, 1.54) is 25.3 Å². The molecule has 6 nitrogen and oxygen atoms in total. The van der Waals surface area contributed by atoms with Crippen molar-refractivity contribution in [1.82, 2.24) is 5.32 Å². The van der Waals surface area contributed by atoms with Gasteiger partial charge in [0.25, 0.3) is 5.91 Å². The van der Waals surface area contributed by atoms with E-state index < -0.39 is 24.2 Å². The SMILES string of the molecule is COc1cccc(C(=O)NCCC(=O)O)c1OC(F)F. The molecule has 20 heavy (non-hydrogen) atoms. The average Bonchev–Trinajstić information content (AvgIpc) is 2.37. The van der Waals surface area contributed by atoms with Crippen molar-refractivity contribution in [3.05, 3.63) is 23.8 Å². The van der Waals surface area contributed by atoms with Gasteiger partial charge in [-0.25, -0.2) is 0 Å². The van der Waals surface area contributed by atoms with E-state index in [2.05, 4.69) is 10.1 Å². The Labute approximate surface area is 113 Å². The van der Waals surface area contributed by atoms with Gasteiger partial charge in [0, 0.05) is 6.54 Å². The Kier molecular flexibility index (Phi) is 5.70. The Bertz CT molecular complexity index is 493. The molecule has 1 rings (SSSR count). The van der Waals surface area contributed by atoms with Crippen LogP contribution in [0.3, 0.4) is 0 Å². The highest BCUT2D eigenvalue weighted by molar-refractivity contribution is 5.97. The van der Waals surface area contributed by atoms with Crippen molar-refractivity contribution in [2.75, 3.05) is 13.7 Å². The molecule has 1 amide bonds. The van der Waals surface area contributed by atoms with Crippen molar-refractivity contribution in [3.63, 3.8) is 0 Å². The van der Waals surface area contributed by atoms with Crippen LogP contribution in [0.15, 0.2) is 18.2 Å². The number of nitrogens with one attached hydrogen (secondary N) is 1. The standard InChI is InChI=1S/C12H13F2NO5/c1-19-8-4-2-3-7(10(8)20-12(13)14)11(18)15-6-5-9(16)17/h2-4,12H,5-6H2,1H3,(H,15,18)(H,16,17). The van der Waals surface area contributed by atoms with Gasteiger partial charge in [0.1, 0.15) is 0 Å². The summed E-state index contributed by atoms with van der Waals surface area (Å²) in [5.41, 5.74) is -0.157. The van der Waals surface area contributed by atoms with Gasteiger partial charge in [-0.1, -0.05) is 6.07 Å². The van der Waals surface area contributed by atoms with Crippen LogP contribution in [0.25, 0.3) is 0 Å². The molecule has 0 radical (unpaired) electrons. The number of ether oxygens (including phenoxy) is 2. The summed E-state index contributed by atoms with van der Waals surface area (Å²) in [6.07, 6.45) is -0.277. The monoisotopic (exact) mass is 289 g/mol. The molecule has 0 bridgehead atoms. The minimum absolute atomic E-state index is 0.0174. The largest absolute Gasteiger partial charge is 0.493 e. The molecule has 1 aromatic rings. The normalized spacial score (nSPS) is 10.2. The number of carbonyl (C=O) groups is 2. The first kappa shape index (κ1) is 15.7. The van der Waals surface area contributed by atoms with E-state index in [-0.39, 0.29) is 24.3 Å². The number of amides is 1. The average molecular weight is 289 g/mol. The van der Waals surface area contributed by atoms with Crippen LogP contribution < -0.4 is 14.8 Å². The predicted octanol–water partition coefficient (Wildman–Crippen LogP) is 1.50. The maximum absolute atomic E-state index is 12.4. The van der Waals surface area contributed by atoms with Gasteiger partial charge in [-0.2, -0.15) is 8.78 Å². The van der Waals surface area contributed by atoms with Gasteiger partial charge < -0.3 is 19.9 Å². The van der Waals surface area contributed by atoms with Gasteiger partial charge >= 0.3 is 12.6 Å². The third kappa shape index (κ3) is 4.38. The molecule has 1 aromatic carbocycles. The smallest absolute Gasteiger partial charge is 0.387 e. The lowest BCUT2D eigenvalue weighted by atomic mass is 10.1. The quantitative estimate of drug-likeness (QED) is 0.794. The van der Waals surface area contributed by atoms with Crippen molar-refractivity contribution < 1.29 is 33.0 Å².